The Morgan fingerprint density at radius 2 is 2.07 bits per heavy atom. The Bertz CT molecular complexity index is 1100. The van der Waals surface area contributed by atoms with Gasteiger partial charge in [0.1, 0.15) is 5.82 Å². The summed E-state index contributed by atoms with van der Waals surface area (Å²) >= 11 is 0. The number of hydrogen-bond acceptors (Lipinski definition) is 5. The van der Waals surface area contributed by atoms with Gasteiger partial charge in [-0.05, 0) is 37.0 Å². The Morgan fingerprint density at radius 1 is 1.19 bits per heavy atom. The van der Waals surface area contributed by atoms with Crippen LogP contribution in [-0.2, 0) is 6.42 Å². The van der Waals surface area contributed by atoms with Crippen molar-refractivity contribution in [1.29, 1.82) is 0 Å². The van der Waals surface area contributed by atoms with Crippen LogP contribution in [0.3, 0.4) is 0 Å². The van der Waals surface area contributed by atoms with Gasteiger partial charge in [-0.2, -0.15) is 5.10 Å². The number of rotatable bonds is 5. The van der Waals surface area contributed by atoms with Crippen LogP contribution in [0.4, 0.5) is 15.9 Å². The first-order chi connectivity index (χ1) is 13.3. The Morgan fingerprint density at radius 3 is 2.96 bits per heavy atom. The molecule has 1 aromatic carbocycles. The van der Waals surface area contributed by atoms with E-state index in [1.807, 2.05) is 18.2 Å². The first-order valence-corrected chi connectivity index (χ1v) is 9.41. The number of H-pyrrole nitrogens is 1. The maximum absolute atomic E-state index is 13.5. The highest BCUT2D eigenvalue weighted by Crippen LogP contribution is 2.31. The Kier molecular flexibility index (Phi) is 3.99. The van der Waals surface area contributed by atoms with E-state index >= 15 is 0 Å². The molecule has 0 unspecified atom stereocenters. The summed E-state index contributed by atoms with van der Waals surface area (Å²) in [6, 6.07) is 7.29. The molecular formula is C20H20FN5O. The summed E-state index contributed by atoms with van der Waals surface area (Å²) in [6.45, 7) is 0. The Balaban J connectivity index is 1.37. The minimum atomic E-state index is -0.399. The molecule has 0 radical (unpaired) electrons. The second kappa shape index (κ2) is 6.64. The van der Waals surface area contributed by atoms with Crippen molar-refractivity contribution in [1.82, 2.24) is 20.3 Å². The number of nitrogens with zero attached hydrogens (tertiary/aromatic N) is 3. The molecule has 2 N–H and O–H groups in total. The number of aryl methyl sites for hydroxylation is 1. The molecule has 4 aromatic rings. The number of pyridine rings is 1. The third kappa shape index (κ3) is 3.13. The van der Waals surface area contributed by atoms with E-state index in [2.05, 4.69) is 25.7 Å². The van der Waals surface area contributed by atoms with Crippen LogP contribution < -0.4 is 5.32 Å². The van der Waals surface area contributed by atoms with Gasteiger partial charge >= 0.3 is 0 Å². The fraction of sp³-hybridized carbons (Fsp3) is 0.350. The standard InChI is InChI=1S/C20H20FN5O/c21-13-9-16-19(22-11-13)24-25-20(16)23-14-6-7-15-17(26-27-18(15)10-14)8-5-12-3-1-2-4-12/h6-7,9-12H,1-5,8H2,(H2,22,23,24,25). The normalized spacial score (nSPS) is 15.1. The van der Waals surface area contributed by atoms with Crippen molar-refractivity contribution < 1.29 is 8.91 Å². The molecule has 1 aliphatic carbocycles. The van der Waals surface area contributed by atoms with Crippen LogP contribution in [0.5, 0.6) is 0 Å². The summed E-state index contributed by atoms with van der Waals surface area (Å²) in [5.41, 5.74) is 3.11. The lowest BCUT2D eigenvalue weighted by molar-refractivity contribution is 0.434. The molecule has 0 bridgehead atoms. The van der Waals surface area contributed by atoms with Gasteiger partial charge in [0.15, 0.2) is 17.0 Å². The van der Waals surface area contributed by atoms with E-state index in [1.165, 1.54) is 38.2 Å². The van der Waals surface area contributed by atoms with E-state index in [0.717, 1.165) is 40.9 Å². The number of halogens is 1. The van der Waals surface area contributed by atoms with Gasteiger partial charge in [0.05, 0.1) is 17.3 Å². The van der Waals surface area contributed by atoms with Crippen LogP contribution in [0.1, 0.15) is 37.8 Å². The van der Waals surface area contributed by atoms with Gasteiger partial charge in [0.2, 0.25) is 0 Å². The summed E-state index contributed by atoms with van der Waals surface area (Å²) < 4.78 is 19.0. The molecule has 0 aliphatic heterocycles. The van der Waals surface area contributed by atoms with Gasteiger partial charge in [-0.3, -0.25) is 5.10 Å². The highest BCUT2D eigenvalue weighted by molar-refractivity contribution is 5.90. The lowest BCUT2D eigenvalue weighted by atomic mass is 9.99. The molecule has 27 heavy (non-hydrogen) atoms. The molecule has 0 spiro atoms. The number of nitrogens with one attached hydrogen (secondary N) is 2. The molecule has 138 valence electrons. The van der Waals surface area contributed by atoms with Crippen molar-refractivity contribution in [2.45, 2.75) is 38.5 Å². The minimum absolute atomic E-state index is 0.399. The average molecular weight is 365 g/mol. The molecule has 0 saturated heterocycles. The fourth-order valence-corrected chi connectivity index (χ4v) is 4.00. The predicted octanol–water partition coefficient (Wildman–Crippen LogP) is 5.10. The van der Waals surface area contributed by atoms with Gasteiger partial charge in [0, 0.05) is 17.1 Å². The maximum atomic E-state index is 13.5. The summed E-state index contributed by atoms with van der Waals surface area (Å²) in [5.74, 6) is 0.960. The SMILES string of the molecule is Fc1cnc2[nH]nc(Nc3ccc4c(CCC5CCCC5)noc4c3)c2c1. The summed E-state index contributed by atoms with van der Waals surface area (Å²) in [6.07, 6.45) is 8.71. The van der Waals surface area contributed by atoms with E-state index in [-0.39, 0.29) is 0 Å². The predicted molar refractivity (Wildman–Crippen MR) is 101 cm³/mol. The first-order valence-electron chi connectivity index (χ1n) is 9.41. The quantitative estimate of drug-likeness (QED) is 0.514. The summed E-state index contributed by atoms with van der Waals surface area (Å²) in [4.78, 5) is 3.99. The second-order valence-electron chi connectivity index (χ2n) is 7.28. The van der Waals surface area contributed by atoms with Gasteiger partial charge in [-0.15, -0.1) is 0 Å². The largest absolute Gasteiger partial charge is 0.356 e. The van der Waals surface area contributed by atoms with E-state index in [0.29, 0.717) is 16.9 Å². The van der Waals surface area contributed by atoms with E-state index < -0.39 is 5.82 Å². The third-order valence-corrected chi connectivity index (χ3v) is 5.46. The highest BCUT2D eigenvalue weighted by atomic mass is 19.1. The number of hydrogen-bond donors (Lipinski definition) is 2. The van der Waals surface area contributed by atoms with Crippen LogP contribution in [-0.4, -0.2) is 20.3 Å². The van der Waals surface area contributed by atoms with Crippen LogP contribution in [0, 0.1) is 11.7 Å². The lowest BCUT2D eigenvalue weighted by Crippen LogP contribution is -1.96. The molecule has 3 heterocycles. The van der Waals surface area contributed by atoms with Crippen LogP contribution in [0.25, 0.3) is 22.0 Å². The number of fused-ring (bicyclic) bond motifs is 2. The third-order valence-electron chi connectivity index (χ3n) is 5.46. The van der Waals surface area contributed by atoms with Crippen molar-refractivity contribution in [3.8, 4) is 0 Å². The molecule has 1 saturated carbocycles. The molecular weight excluding hydrogens is 345 g/mol. The van der Waals surface area contributed by atoms with E-state index in [1.54, 1.807) is 0 Å². The first kappa shape index (κ1) is 16.2. The van der Waals surface area contributed by atoms with Crippen molar-refractivity contribution in [2.75, 3.05) is 5.32 Å². The van der Waals surface area contributed by atoms with Crippen LogP contribution in [0.2, 0.25) is 0 Å². The zero-order chi connectivity index (χ0) is 18.2. The molecule has 1 fully saturated rings. The van der Waals surface area contributed by atoms with Crippen LogP contribution >= 0.6 is 0 Å². The zero-order valence-electron chi connectivity index (χ0n) is 14.8. The topological polar surface area (TPSA) is 79.6 Å². The van der Waals surface area contributed by atoms with E-state index in [9.17, 15) is 4.39 Å². The number of aromatic amines is 1. The van der Waals surface area contributed by atoms with Gasteiger partial charge < -0.3 is 9.84 Å². The molecule has 0 atom stereocenters. The van der Waals surface area contributed by atoms with Crippen molar-refractivity contribution >= 4 is 33.5 Å². The Hall–Kier alpha value is -2.96. The monoisotopic (exact) mass is 365 g/mol. The molecule has 5 rings (SSSR count). The van der Waals surface area contributed by atoms with Crippen molar-refractivity contribution in [2.24, 2.45) is 5.92 Å². The number of anilines is 2. The second-order valence-corrected chi connectivity index (χ2v) is 7.28. The Labute approximate surface area is 155 Å². The molecule has 7 heteroatoms. The molecule has 3 aromatic heterocycles. The van der Waals surface area contributed by atoms with Crippen molar-refractivity contribution in [3.05, 3.63) is 42.0 Å². The smallest absolute Gasteiger partial charge is 0.169 e. The number of aromatic nitrogens is 4. The zero-order valence-corrected chi connectivity index (χ0v) is 14.8. The fourth-order valence-electron chi connectivity index (χ4n) is 4.00. The molecule has 6 nitrogen and oxygen atoms in total. The summed E-state index contributed by atoms with van der Waals surface area (Å²) in [5, 5.41) is 16.1. The lowest BCUT2D eigenvalue weighted by Gasteiger charge is -2.06. The maximum Gasteiger partial charge on any atom is 0.169 e. The van der Waals surface area contributed by atoms with Gasteiger partial charge in [-0.1, -0.05) is 30.8 Å². The van der Waals surface area contributed by atoms with Crippen molar-refractivity contribution in [3.63, 3.8) is 0 Å². The minimum Gasteiger partial charge on any atom is -0.356 e. The summed E-state index contributed by atoms with van der Waals surface area (Å²) in [7, 11) is 0. The highest BCUT2D eigenvalue weighted by Gasteiger charge is 2.17. The molecule has 1 aliphatic rings. The average Bonchev–Trinajstić information content (AvgIpc) is 3.40. The molecule has 0 amide bonds. The van der Waals surface area contributed by atoms with Gasteiger partial charge in [-0.25, -0.2) is 9.37 Å². The number of benzene rings is 1. The van der Waals surface area contributed by atoms with E-state index in [4.69, 9.17) is 4.52 Å². The van der Waals surface area contributed by atoms with Crippen LogP contribution in [0.15, 0.2) is 35.0 Å². The van der Waals surface area contributed by atoms with Gasteiger partial charge in [0.25, 0.3) is 0 Å².